The topological polar surface area (TPSA) is 96.9 Å². The maximum Gasteiger partial charge on any atom is 0.267 e. The number of carbonyl (C=O) groups excluding carboxylic acids is 1. The van der Waals surface area contributed by atoms with Gasteiger partial charge in [-0.3, -0.25) is 9.69 Å². The third-order valence-corrected chi connectivity index (χ3v) is 6.05. The Morgan fingerprint density at radius 3 is 2.71 bits per heavy atom. The molecular formula is C24H20ClN3O5S. The van der Waals surface area contributed by atoms with E-state index in [1.54, 1.807) is 63.0 Å². The van der Waals surface area contributed by atoms with Gasteiger partial charge in [0.25, 0.3) is 5.91 Å². The Hall–Kier alpha value is -3.69. The van der Waals surface area contributed by atoms with Crippen LogP contribution in [0.25, 0.3) is 6.08 Å². The normalized spacial score (nSPS) is 16.2. The highest BCUT2D eigenvalue weighted by Crippen LogP contribution is 2.35. The molecule has 0 aliphatic carbocycles. The molecule has 1 aliphatic rings. The first-order valence-electron chi connectivity index (χ1n) is 10.0. The number of nitrogens with zero attached hydrogens (tertiary/aromatic N) is 3. The van der Waals surface area contributed by atoms with Gasteiger partial charge in [0.15, 0.2) is 16.7 Å². The third-order valence-electron chi connectivity index (χ3n) is 4.82. The van der Waals surface area contributed by atoms with E-state index in [9.17, 15) is 9.90 Å². The number of thioether (sulfide) groups is 1. The van der Waals surface area contributed by atoms with Gasteiger partial charge in [0, 0.05) is 10.6 Å². The van der Waals surface area contributed by atoms with Gasteiger partial charge in [0.05, 0.1) is 38.1 Å². The first kappa shape index (κ1) is 23.5. The van der Waals surface area contributed by atoms with Gasteiger partial charge < -0.3 is 19.0 Å². The van der Waals surface area contributed by atoms with Gasteiger partial charge in [-0.2, -0.15) is 5.10 Å². The number of aromatic hydroxyl groups is 1. The minimum Gasteiger partial charge on any atom is -0.507 e. The first-order chi connectivity index (χ1) is 16.5. The van der Waals surface area contributed by atoms with E-state index in [1.807, 2.05) is 6.07 Å². The average Bonchev–Trinajstić information content (AvgIpc) is 3.45. The fraction of sp³-hybridized carbons (Fsp3) is 0.125. The second-order valence-corrected chi connectivity index (χ2v) is 8.47. The number of ether oxygens (including phenoxy) is 2. The third kappa shape index (κ3) is 5.27. The van der Waals surface area contributed by atoms with Crippen molar-refractivity contribution in [3.8, 4) is 17.2 Å². The number of rotatable bonds is 7. The number of amides is 1. The van der Waals surface area contributed by atoms with Gasteiger partial charge in [0.1, 0.15) is 11.5 Å². The summed E-state index contributed by atoms with van der Waals surface area (Å²) in [6.07, 6.45) is 4.67. The predicted octanol–water partition coefficient (Wildman–Crippen LogP) is 5.16. The molecule has 2 aromatic carbocycles. The zero-order valence-corrected chi connectivity index (χ0v) is 19.8. The molecule has 0 spiro atoms. The van der Waals surface area contributed by atoms with Crippen LogP contribution in [0.1, 0.15) is 16.9 Å². The van der Waals surface area contributed by atoms with Crippen LogP contribution in [0.15, 0.2) is 74.3 Å². The molecule has 34 heavy (non-hydrogen) atoms. The molecule has 4 rings (SSSR count). The Morgan fingerprint density at radius 1 is 1.15 bits per heavy atom. The molecule has 174 valence electrons. The number of carbonyl (C=O) groups is 1. The van der Waals surface area contributed by atoms with Crippen LogP contribution in [0.4, 0.5) is 0 Å². The van der Waals surface area contributed by atoms with Crippen molar-refractivity contribution < 1.29 is 23.8 Å². The first-order valence-corrected chi connectivity index (χ1v) is 11.2. The van der Waals surface area contributed by atoms with Crippen LogP contribution in [0, 0.1) is 0 Å². The lowest BCUT2D eigenvalue weighted by atomic mass is 10.2. The SMILES string of the molecule is COc1ccc(/C=C2\S/C(=N/N=C\c3cc(Cl)ccc3O)N(Cc3ccco3)C2=O)cc1OC. The molecule has 10 heteroatoms. The Labute approximate surface area is 205 Å². The molecule has 3 aromatic rings. The van der Waals surface area contributed by atoms with Crippen molar-refractivity contribution in [3.05, 3.63) is 81.6 Å². The van der Waals surface area contributed by atoms with Crippen molar-refractivity contribution in [3.63, 3.8) is 0 Å². The van der Waals surface area contributed by atoms with Crippen LogP contribution in [0.3, 0.4) is 0 Å². The summed E-state index contributed by atoms with van der Waals surface area (Å²) in [5, 5.41) is 19.1. The second-order valence-electron chi connectivity index (χ2n) is 7.03. The Bertz CT molecular complexity index is 1290. The Balaban J connectivity index is 1.65. The summed E-state index contributed by atoms with van der Waals surface area (Å²) in [4.78, 5) is 15.1. The molecule has 8 nitrogen and oxygen atoms in total. The summed E-state index contributed by atoms with van der Waals surface area (Å²) in [7, 11) is 3.11. The van der Waals surface area contributed by atoms with Gasteiger partial charge >= 0.3 is 0 Å². The van der Waals surface area contributed by atoms with Gasteiger partial charge in [-0.15, -0.1) is 5.10 Å². The number of furan rings is 1. The zero-order valence-electron chi connectivity index (χ0n) is 18.3. The van der Waals surface area contributed by atoms with Crippen molar-refractivity contribution >= 4 is 46.7 Å². The molecule has 2 heterocycles. The number of methoxy groups -OCH3 is 2. The molecule has 1 aliphatic heterocycles. The summed E-state index contributed by atoms with van der Waals surface area (Å²) in [6, 6.07) is 13.5. The van der Waals surface area contributed by atoms with E-state index in [4.69, 9.17) is 25.5 Å². The van der Waals surface area contributed by atoms with E-state index >= 15 is 0 Å². The Morgan fingerprint density at radius 2 is 1.97 bits per heavy atom. The van der Waals surface area contributed by atoms with Crippen molar-refractivity contribution in [2.24, 2.45) is 10.2 Å². The summed E-state index contributed by atoms with van der Waals surface area (Å²) in [5.74, 6) is 1.53. The summed E-state index contributed by atoms with van der Waals surface area (Å²) in [5.41, 5.74) is 1.17. The average molecular weight is 498 g/mol. The van der Waals surface area contributed by atoms with Crippen LogP contribution < -0.4 is 9.47 Å². The quantitative estimate of drug-likeness (QED) is 0.275. The fourth-order valence-corrected chi connectivity index (χ4v) is 4.26. The molecule has 0 radical (unpaired) electrons. The lowest BCUT2D eigenvalue weighted by Gasteiger charge is -2.12. The van der Waals surface area contributed by atoms with Crippen molar-refractivity contribution in [1.82, 2.24) is 4.90 Å². The molecule has 0 atom stereocenters. The highest BCUT2D eigenvalue weighted by Gasteiger charge is 2.34. The van der Waals surface area contributed by atoms with E-state index in [0.717, 1.165) is 5.56 Å². The van der Waals surface area contributed by atoms with Crippen LogP contribution in [-0.2, 0) is 11.3 Å². The standard InChI is InChI=1S/C24H20ClN3O5S/c1-31-20-8-5-15(10-21(20)32-2)11-22-23(30)28(14-18-4-3-9-33-18)24(34-22)27-26-13-16-12-17(25)6-7-19(16)29/h3-13,29H,14H2,1-2H3/b22-11-,26-13-,27-24+. The zero-order chi connectivity index (χ0) is 24.1. The van der Waals surface area contributed by atoms with Crippen molar-refractivity contribution in [2.75, 3.05) is 14.2 Å². The number of halogens is 1. The molecule has 0 bridgehead atoms. The van der Waals surface area contributed by atoms with Crippen LogP contribution in [-0.4, -0.2) is 41.5 Å². The van der Waals surface area contributed by atoms with Crippen LogP contribution in [0.5, 0.6) is 17.2 Å². The largest absolute Gasteiger partial charge is 0.507 e. The van der Waals surface area contributed by atoms with E-state index in [1.165, 1.54) is 28.9 Å². The molecule has 1 fully saturated rings. The lowest BCUT2D eigenvalue weighted by molar-refractivity contribution is -0.122. The summed E-state index contributed by atoms with van der Waals surface area (Å²) < 4.78 is 16.0. The minimum atomic E-state index is -0.240. The van der Waals surface area contributed by atoms with E-state index < -0.39 is 0 Å². The number of hydrogen-bond donors (Lipinski definition) is 1. The van der Waals surface area contributed by atoms with Gasteiger partial charge in [-0.25, -0.2) is 0 Å². The minimum absolute atomic E-state index is 0.0185. The Kier molecular flexibility index (Phi) is 7.24. The molecule has 1 saturated heterocycles. The molecule has 1 amide bonds. The van der Waals surface area contributed by atoms with Crippen molar-refractivity contribution in [2.45, 2.75) is 6.54 Å². The lowest BCUT2D eigenvalue weighted by Crippen LogP contribution is -2.28. The van der Waals surface area contributed by atoms with Gasteiger partial charge in [0.2, 0.25) is 0 Å². The van der Waals surface area contributed by atoms with Crippen LogP contribution in [0.2, 0.25) is 5.02 Å². The molecule has 0 saturated carbocycles. The highest BCUT2D eigenvalue weighted by atomic mass is 35.5. The number of benzene rings is 2. The van der Waals surface area contributed by atoms with E-state index in [-0.39, 0.29) is 18.2 Å². The van der Waals surface area contributed by atoms with E-state index in [0.29, 0.717) is 37.9 Å². The van der Waals surface area contributed by atoms with Crippen molar-refractivity contribution in [1.29, 1.82) is 0 Å². The van der Waals surface area contributed by atoms with Gasteiger partial charge in [-0.05, 0) is 65.9 Å². The molecule has 1 aromatic heterocycles. The van der Waals surface area contributed by atoms with Gasteiger partial charge in [-0.1, -0.05) is 17.7 Å². The highest BCUT2D eigenvalue weighted by molar-refractivity contribution is 8.18. The fourth-order valence-electron chi connectivity index (χ4n) is 3.14. The number of amidine groups is 1. The monoisotopic (exact) mass is 497 g/mol. The number of phenols is 1. The summed E-state index contributed by atoms with van der Waals surface area (Å²) in [6.45, 7) is 0.193. The maximum atomic E-state index is 13.2. The molecular weight excluding hydrogens is 478 g/mol. The predicted molar refractivity (Wildman–Crippen MR) is 133 cm³/mol. The smallest absolute Gasteiger partial charge is 0.267 e. The second kappa shape index (κ2) is 10.5. The summed E-state index contributed by atoms with van der Waals surface area (Å²) >= 11 is 7.16. The number of phenolic OH excluding ortho intramolecular Hbond substituents is 1. The number of hydrogen-bond acceptors (Lipinski definition) is 8. The van der Waals surface area contributed by atoms with E-state index in [2.05, 4.69) is 10.2 Å². The van der Waals surface area contributed by atoms with Crippen LogP contribution >= 0.6 is 23.4 Å². The maximum absolute atomic E-state index is 13.2. The molecule has 1 N–H and O–H groups in total. The molecule has 0 unspecified atom stereocenters.